The summed E-state index contributed by atoms with van der Waals surface area (Å²) in [4.78, 5) is 8.46. The highest BCUT2D eigenvalue weighted by molar-refractivity contribution is 5.97. The monoisotopic (exact) mass is 364 g/mol. The Kier molecular flexibility index (Phi) is 16.2. The van der Waals surface area contributed by atoms with Crippen molar-refractivity contribution in [1.29, 1.82) is 10.7 Å². The highest BCUT2D eigenvalue weighted by Crippen LogP contribution is 2.06. The van der Waals surface area contributed by atoms with Crippen molar-refractivity contribution in [3.63, 3.8) is 0 Å². The van der Waals surface area contributed by atoms with Crippen LogP contribution in [0.2, 0.25) is 0 Å². The molecule has 0 unspecified atom stereocenters. The van der Waals surface area contributed by atoms with E-state index in [4.69, 9.17) is 27.9 Å². The minimum Gasteiger partial charge on any atom is -0.370 e. The van der Waals surface area contributed by atoms with Crippen LogP contribution in [0.25, 0.3) is 0 Å². The highest BCUT2D eigenvalue weighted by Gasteiger charge is 1.98. The molecule has 0 saturated carbocycles. The maximum absolute atomic E-state index is 8.48. The van der Waals surface area contributed by atoms with E-state index < -0.39 is 0 Å². The first-order valence-corrected chi connectivity index (χ1v) is 9.60. The number of nitriles is 1. The molecule has 0 aromatic carbocycles. The third kappa shape index (κ3) is 16.7. The van der Waals surface area contributed by atoms with Gasteiger partial charge in [-0.05, 0) is 38.6 Å². The molecule has 26 heavy (non-hydrogen) atoms. The van der Waals surface area contributed by atoms with E-state index in [0.717, 1.165) is 70.8 Å². The fraction of sp³-hybridized carbons (Fsp3) is 0.778. The Morgan fingerprint density at radius 3 is 1.88 bits per heavy atom. The number of hydrogen-bond donors (Lipinski definition) is 5. The lowest BCUT2D eigenvalue weighted by molar-refractivity contribution is 0.626. The van der Waals surface area contributed by atoms with Gasteiger partial charge in [0, 0.05) is 18.8 Å². The number of aliphatic imine (C=N–C) groups is 2. The van der Waals surface area contributed by atoms with E-state index >= 15 is 0 Å². The van der Waals surface area contributed by atoms with Crippen LogP contribution in [0.4, 0.5) is 0 Å². The summed E-state index contributed by atoms with van der Waals surface area (Å²) in [6.07, 6.45) is 10.5. The number of rotatable bonds is 15. The second-order valence-electron chi connectivity index (χ2n) is 6.32. The molecule has 8 nitrogen and oxygen atoms in total. The lowest BCUT2D eigenvalue weighted by Gasteiger charge is -2.05. The number of nitrogens with two attached hydrogens (primary N) is 3. The summed E-state index contributed by atoms with van der Waals surface area (Å²) in [7, 11) is 0. The molecule has 0 aliphatic carbocycles. The van der Waals surface area contributed by atoms with Crippen molar-refractivity contribution in [2.45, 2.75) is 70.6 Å². The second kappa shape index (κ2) is 17.7. The van der Waals surface area contributed by atoms with Gasteiger partial charge in [0.1, 0.15) is 0 Å². The van der Waals surface area contributed by atoms with Crippen LogP contribution in [0.1, 0.15) is 70.6 Å². The molecular weight excluding hydrogens is 328 g/mol. The zero-order valence-electron chi connectivity index (χ0n) is 16.0. The molecule has 148 valence electrons. The van der Waals surface area contributed by atoms with Crippen molar-refractivity contribution in [2.24, 2.45) is 27.2 Å². The Morgan fingerprint density at radius 1 is 0.846 bits per heavy atom. The average Bonchev–Trinajstić information content (AvgIpc) is 2.60. The quantitative estimate of drug-likeness (QED) is 0.170. The summed E-state index contributed by atoms with van der Waals surface area (Å²) in [5.41, 5.74) is 17.5. The van der Waals surface area contributed by atoms with Crippen LogP contribution < -0.4 is 22.5 Å². The molecule has 0 amide bonds. The average molecular weight is 365 g/mol. The molecule has 0 aromatic heterocycles. The van der Waals surface area contributed by atoms with E-state index in [0.29, 0.717) is 30.7 Å². The molecular formula is C18H36N8. The fourth-order valence-electron chi connectivity index (χ4n) is 2.38. The van der Waals surface area contributed by atoms with Gasteiger partial charge in [-0.2, -0.15) is 5.26 Å². The zero-order chi connectivity index (χ0) is 19.5. The zero-order valence-corrected chi connectivity index (χ0v) is 16.0. The molecule has 8 N–H and O–H groups in total. The van der Waals surface area contributed by atoms with Crippen molar-refractivity contribution in [1.82, 2.24) is 5.32 Å². The van der Waals surface area contributed by atoms with Crippen LogP contribution in [0.15, 0.2) is 9.98 Å². The van der Waals surface area contributed by atoms with E-state index in [1.807, 2.05) is 6.07 Å². The summed E-state index contributed by atoms with van der Waals surface area (Å²) in [5.74, 6) is 0.615. The molecule has 0 rings (SSSR count). The molecule has 0 aliphatic heterocycles. The summed E-state index contributed by atoms with van der Waals surface area (Å²) in [6.45, 7) is 2.09. The molecule has 0 atom stereocenters. The Hall–Kier alpha value is -2.14. The van der Waals surface area contributed by atoms with Gasteiger partial charge in [0.05, 0.1) is 12.5 Å². The maximum atomic E-state index is 8.48. The van der Waals surface area contributed by atoms with Crippen molar-refractivity contribution < 1.29 is 0 Å². The predicted octanol–water partition coefficient (Wildman–Crippen LogP) is 2.00. The topological polar surface area (TPSA) is 162 Å². The number of guanidine groups is 2. The molecule has 0 bridgehead atoms. The Morgan fingerprint density at radius 2 is 1.35 bits per heavy atom. The SMILES string of the molecule is N#CCC(=N)CCCCCCCN=C(N)NC(N)=NCCCCCCN. The Balaban J connectivity index is 3.62. The summed E-state index contributed by atoms with van der Waals surface area (Å²) >= 11 is 0. The number of nitrogens with zero attached hydrogens (tertiary/aromatic N) is 3. The standard InChI is InChI=1S/C18H36N8/c19-12-7-3-5-9-15-25-18(23)26-17(22)24-14-8-4-1-2-6-10-16(21)11-13-20/h21H,1-12,14-15,19H2,(H5,22,23,24,25,26). The first-order chi connectivity index (χ1) is 12.6. The molecule has 0 saturated heterocycles. The lowest BCUT2D eigenvalue weighted by Crippen LogP contribution is -2.41. The molecule has 0 radical (unpaired) electrons. The third-order valence-electron chi connectivity index (χ3n) is 3.86. The van der Waals surface area contributed by atoms with E-state index in [-0.39, 0.29) is 6.42 Å². The highest BCUT2D eigenvalue weighted by atomic mass is 15.2. The summed E-state index contributed by atoms with van der Waals surface area (Å²) in [5, 5.41) is 18.8. The van der Waals surface area contributed by atoms with Gasteiger partial charge in [-0.1, -0.05) is 32.1 Å². The maximum Gasteiger partial charge on any atom is 0.195 e. The fourth-order valence-corrected chi connectivity index (χ4v) is 2.38. The molecule has 8 heteroatoms. The smallest absolute Gasteiger partial charge is 0.195 e. The lowest BCUT2D eigenvalue weighted by atomic mass is 10.1. The molecule has 0 aromatic rings. The van der Waals surface area contributed by atoms with Gasteiger partial charge >= 0.3 is 0 Å². The number of unbranched alkanes of at least 4 members (excludes halogenated alkanes) is 7. The molecule has 0 aliphatic rings. The minimum atomic E-state index is 0.252. The van der Waals surface area contributed by atoms with E-state index in [2.05, 4.69) is 15.3 Å². The van der Waals surface area contributed by atoms with Crippen LogP contribution >= 0.6 is 0 Å². The first-order valence-electron chi connectivity index (χ1n) is 9.60. The Bertz CT molecular complexity index is 464. The Labute approximate surface area is 157 Å². The van der Waals surface area contributed by atoms with Crippen LogP contribution in [-0.2, 0) is 0 Å². The van der Waals surface area contributed by atoms with Crippen LogP contribution in [-0.4, -0.2) is 37.3 Å². The van der Waals surface area contributed by atoms with Crippen LogP contribution in [0.5, 0.6) is 0 Å². The predicted molar refractivity (Wildman–Crippen MR) is 109 cm³/mol. The van der Waals surface area contributed by atoms with Gasteiger partial charge in [-0.25, -0.2) is 0 Å². The van der Waals surface area contributed by atoms with Gasteiger partial charge in [0.25, 0.3) is 0 Å². The van der Waals surface area contributed by atoms with Crippen molar-refractivity contribution in [2.75, 3.05) is 19.6 Å². The largest absolute Gasteiger partial charge is 0.370 e. The molecule has 0 heterocycles. The van der Waals surface area contributed by atoms with Crippen LogP contribution in [0.3, 0.4) is 0 Å². The van der Waals surface area contributed by atoms with Gasteiger partial charge in [-0.3, -0.25) is 15.3 Å². The van der Waals surface area contributed by atoms with Gasteiger partial charge < -0.3 is 22.6 Å². The van der Waals surface area contributed by atoms with E-state index in [1.165, 1.54) is 0 Å². The minimum absolute atomic E-state index is 0.252. The second-order valence-corrected chi connectivity index (χ2v) is 6.32. The van der Waals surface area contributed by atoms with E-state index in [9.17, 15) is 0 Å². The van der Waals surface area contributed by atoms with Crippen molar-refractivity contribution in [3.8, 4) is 6.07 Å². The summed E-state index contributed by atoms with van der Waals surface area (Å²) < 4.78 is 0. The van der Waals surface area contributed by atoms with Crippen molar-refractivity contribution in [3.05, 3.63) is 0 Å². The van der Waals surface area contributed by atoms with Gasteiger partial charge in [-0.15, -0.1) is 0 Å². The van der Waals surface area contributed by atoms with Crippen LogP contribution in [0, 0.1) is 16.7 Å². The number of hydrogen-bond acceptors (Lipinski definition) is 5. The number of nitrogens with one attached hydrogen (secondary N) is 2. The normalized spacial score (nSPS) is 12.0. The van der Waals surface area contributed by atoms with Gasteiger partial charge in [0.15, 0.2) is 11.9 Å². The van der Waals surface area contributed by atoms with Crippen molar-refractivity contribution >= 4 is 17.6 Å². The summed E-state index contributed by atoms with van der Waals surface area (Å²) in [6, 6.07) is 2.00. The first kappa shape index (κ1) is 23.9. The van der Waals surface area contributed by atoms with E-state index in [1.54, 1.807) is 0 Å². The van der Waals surface area contributed by atoms with Gasteiger partial charge in [0.2, 0.25) is 0 Å². The molecule has 0 spiro atoms. The molecule has 0 fully saturated rings. The third-order valence-corrected chi connectivity index (χ3v) is 3.86.